The summed E-state index contributed by atoms with van der Waals surface area (Å²) in [6, 6.07) is 6.14. The van der Waals surface area contributed by atoms with Crippen LogP contribution in [-0.2, 0) is 11.3 Å². The van der Waals surface area contributed by atoms with Crippen molar-refractivity contribution in [1.82, 2.24) is 9.97 Å². The minimum Gasteiger partial charge on any atom is -0.380 e. The van der Waals surface area contributed by atoms with E-state index in [9.17, 15) is 4.79 Å². The number of hydrogen-bond donors (Lipinski definition) is 2. The van der Waals surface area contributed by atoms with Crippen molar-refractivity contribution in [2.24, 2.45) is 5.73 Å². The lowest BCUT2D eigenvalue weighted by molar-refractivity contribution is 0.0990. The zero-order valence-electron chi connectivity index (χ0n) is 11.4. The Balaban J connectivity index is 2.46. The highest BCUT2D eigenvalue weighted by molar-refractivity contribution is 6.11. The highest BCUT2D eigenvalue weighted by Gasteiger charge is 2.17. The van der Waals surface area contributed by atoms with Gasteiger partial charge in [0, 0.05) is 29.0 Å². The molecule has 0 radical (unpaired) electrons. The summed E-state index contributed by atoms with van der Waals surface area (Å²) in [4.78, 5) is 19.0. The number of fused-ring (bicyclic) bond motifs is 3. The molecule has 102 valence electrons. The predicted molar refractivity (Wildman–Crippen MR) is 77.6 cm³/mol. The number of nitrogens with zero attached hydrogens (tertiary/aromatic N) is 1. The molecule has 0 bridgehead atoms. The number of benzene rings is 1. The van der Waals surface area contributed by atoms with Gasteiger partial charge in [-0.05, 0) is 19.1 Å². The van der Waals surface area contributed by atoms with Crippen molar-refractivity contribution in [3.8, 4) is 0 Å². The van der Waals surface area contributed by atoms with Crippen LogP contribution in [0.1, 0.15) is 21.6 Å². The summed E-state index contributed by atoms with van der Waals surface area (Å²) in [6.45, 7) is 2.33. The number of aromatic nitrogens is 2. The van der Waals surface area contributed by atoms with Crippen LogP contribution < -0.4 is 5.73 Å². The molecule has 1 aromatic carbocycles. The summed E-state index contributed by atoms with van der Waals surface area (Å²) >= 11 is 0. The number of amides is 1. The molecule has 0 aliphatic carbocycles. The number of nitrogens with two attached hydrogens (primary N) is 1. The van der Waals surface area contributed by atoms with Crippen molar-refractivity contribution in [3.63, 3.8) is 0 Å². The first-order valence-electron chi connectivity index (χ1n) is 6.30. The van der Waals surface area contributed by atoms with Crippen LogP contribution in [0.2, 0.25) is 0 Å². The molecule has 0 spiro atoms. The van der Waals surface area contributed by atoms with Crippen molar-refractivity contribution < 1.29 is 9.53 Å². The largest absolute Gasteiger partial charge is 0.380 e. The third-order valence-corrected chi connectivity index (χ3v) is 3.42. The molecule has 3 N–H and O–H groups in total. The number of carbonyl (C=O) groups is 1. The second-order valence-electron chi connectivity index (χ2n) is 4.85. The first-order chi connectivity index (χ1) is 9.61. The van der Waals surface area contributed by atoms with Gasteiger partial charge in [0.2, 0.25) is 0 Å². The van der Waals surface area contributed by atoms with Gasteiger partial charge in [-0.1, -0.05) is 11.6 Å². The lowest BCUT2D eigenvalue weighted by Gasteiger charge is -2.07. The molecule has 0 atom stereocenters. The molecule has 5 heteroatoms. The highest BCUT2D eigenvalue weighted by atomic mass is 16.5. The smallest absolute Gasteiger partial charge is 0.267 e. The van der Waals surface area contributed by atoms with E-state index in [-0.39, 0.29) is 5.69 Å². The summed E-state index contributed by atoms with van der Waals surface area (Å²) in [7, 11) is 1.59. The number of H-pyrrole nitrogens is 1. The predicted octanol–water partition coefficient (Wildman–Crippen LogP) is 2.27. The molecule has 0 unspecified atom stereocenters. The quantitative estimate of drug-likeness (QED) is 0.765. The molecule has 0 saturated heterocycles. The molecule has 0 fully saturated rings. The molecule has 0 aliphatic rings. The molecule has 2 aromatic heterocycles. The van der Waals surface area contributed by atoms with Crippen LogP contribution in [0.3, 0.4) is 0 Å². The second kappa shape index (κ2) is 4.61. The van der Waals surface area contributed by atoms with Crippen LogP contribution >= 0.6 is 0 Å². The van der Waals surface area contributed by atoms with Crippen molar-refractivity contribution >= 4 is 27.7 Å². The third kappa shape index (κ3) is 1.83. The Morgan fingerprint density at radius 1 is 1.40 bits per heavy atom. The zero-order valence-corrected chi connectivity index (χ0v) is 11.4. The Morgan fingerprint density at radius 3 is 2.90 bits per heavy atom. The fourth-order valence-electron chi connectivity index (χ4n) is 2.57. The first kappa shape index (κ1) is 12.6. The van der Waals surface area contributed by atoms with Crippen molar-refractivity contribution in [2.75, 3.05) is 7.11 Å². The van der Waals surface area contributed by atoms with Gasteiger partial charge in [-0.3, -0.25) is 4.79 Å². The average Bonchev–Trinajstić information content (AvgIpc) is 2.77. The Hall–Kier alpha value is -2.40. The van der Waals surface area contributed by atoms with Crippen LogP contribution in [0.15, 0.2) is 24.4 Å². The summed E-state index contributed by atoms with van der Waals surface area (Å²) < 4.78 is 5.21. The van der Waals surface area contributed by atoms with E-state index in [2.05, 4.69) is 16.0 Å². The molecule has 3 rings (SSSR count). The van der Waals surface area contributed by atoms with Crippen molar-refractivity contribution in [3.05, 3.63) is 41.2 Å². The van der Waals surface area contributed by atoms with Crippen LogP contribution in [0, 0.1) is 6.92 Å². The standard InChI is InChI=1S/C15H15N3O2/c1-8-3-4-11-9(5-8)13-10(7-20-2)14(15(16)19)17-6-12(13)18-11/h3-6,18H,7H2,1-2H3,(H2,16,19). The van der Waals surface area contributed by atoms with E-state index in [0.29, 0.717) is 6.61 Å². The van der Waals surface area contributed by atoms with Crippen LogP contribution in [-0.4, -0.2) is 23.0 Å². The van der Waals surface area contributed by atoms with Gasteiger partial charge in [-0.25, -0.2) is 4.98 Å². The zero-order chi connectivity index (χ0) is 14.3. The molecule has 3 aromatic rings. The molecule has 1 amide bonds. The lowest BCUT2D eigenvalue weighted by Crippen LogP contribution is -2.16. The Bertz CT molecular complexity index is 821. The topological polar surface area (TPSA) is 81.0 Å². The maximum absolute atomic E-state index is 11.6. The monoisotopic (exact) mass is 269 g/mol. The Kier molecular flexibility index (Phi) is 2.91. The summed E-state index contributed by atoms with van der Waals surface area (Å²) in [5.74, 6) is -0.541. The van der Waals surface area contributed by atoms with Crippen LogP contribution in [0.4, 0.5) is 0 Å². The fourth-order valence-corrected chi connectivity index (χ4v) is 2.57. The molecule has 0 saturated carbocycles. The molecule has 20 heavy (non-hydrogen) atoms. The van der Waals surface area contributed by atoms with Crippen molar-refractivity contribution in [2.45, 2.75) is 13.5 Å². The van der Waals surface area contributed by atoms with Gasteiger partial charge in [0.05, 0.1) is 18.3 Å². The number of nitrogens with one attached hydrogen (secondary N) is 1. The van der Waals surface area contributed by atoms with E-state index in [1.165, 1.54) is 0 Å². The third-order valence-electron chi connectivity index (χ3n) is 3.42. The first-order valence-corrected chi connectivity index (χ1v) is 6.30. The van der Waals surface area contributed by atoms with Gasteiger partial charge in [0.1, 0.15) is 5.69 Å². The fraction of sp³-hybridized carbons (Fsp3) is 0.200. The number of aromatic amines is 1. The van der Waals surface area contributed by atoms with E-state index in [1.807, 2.05) is 19.1 Å². The second-order valence-corrected chi connectivity index (χ2v) is 4.85. The summed E-state index contributed by atoms with van der Waals surface area (Å²) in [5, 5.41) is 2.01. The maximum Gasteiger partial charge on any atom is 0.267 e. The van der Waals surface area contributed by atoms with E-state index in [4.69, 9.17) is 10.5 Å². The maximum atomic E-state index is 11.6. The van der Waals surface area contributed by atoms with Crippen LogP contribution in [0.5, 0.6) is 0 Å². The highest BCUT2D eigenvalue weighted by Crippen LogP contribution is 2.30. The number of primary amides is 1. The van der Waals surface area contributed by atoms with E-state index in [1.54, 1.807) is 13.3 Å². The number of hydrogen-bond acceptors (Lipinski definition) is 3. The van der Waals surface area contributed by atoms with Gasteiger partial charge in [-0.2, -0.15) is 0 Å². The number of pyridine rings is 1. The van der Waals surface area contributed by atoms with Gasteiger partial charge in [0.25, 0.3) is 5.91 Å². The Labute approximate surface area is 115 Å². The average molecular weight is 269 g/mol. The van der Waals surface area contributed by atoms with E-state index < -0.39 is 5.91 Å². The van der Waals surface area contributed by atoms with Gasteiger partial charge in [0.15, 0.2) is 0 Å². The van der Waals surface area contributed by atoms with Gasteiger partial charge < -0.3 is 15.5 Å². The van der Waals surface area contributed by atoms with Gasteiger partial charge >= 0.3 is 0 Å². The number of aryl methyl sites for hydroxylation is 1. The number of carbonyl (C=O) groups excluding carboxylic acids is 1. The minimum atomic E-state index is -0.541. The van der Waals surface area contributed by atoms with Gasteiger partial charge in [-0.15, -0.1) is 0 Å². The summed E-state index contributed by atoms with van der Waals surface area (Å²) in [5.41, 5.74) is 9.44. The molecule has 5 nitrogen and oxygen atoms in total. The number of rotatable bonds is 3. The van der Waals surface area contributed by atoms with Crippen LogP contribution in [0.25, 0.3) is 21.8 Å². The normalized spacial score (nSPS) is 11.3. The molecule has 0 aliphatic heterocycles. The summed E-state index contributed by atoms with van der Waals surface area (Å²) in [6.07, 6.45) is 1.64. The van der Waals surface area contributed by atoms with E-state index >= 15 is 0 Å². The van der Waals surface area contributed by atoms with Crippen molar-refractivity contribution in [1.29, 1.82) is 0 Å². The lowest BCUT2D eigenvalue weighted by atomic mass is 10.0. The molecule has 2 heterocycles. The number of ether oxygens (including phenoxy) is 1. The Morgan fingerprint density at radius 2 is 2.20 bits per heavy atom. The molecular weight excluding hydrogens is 254 g/mol. The number of methoxy groups -OCH3 is 1. The van der Waals surface area contributed by atoms with E-state index in [0.717, 1.165) is 32.9 Å². The molecular formula is C15H15N3O2. The SMILES string of the molecule is COCc1c(C(N)=O)ncc2[nH]c3ccc(C)cc3c12. The minimum absolute atomic E-state index is 0.266.